The molecule has 0 atom stereocenters. The summed E-state index contributed by atoms with van der Waals surface area (Å²) >= 11 is 3.21. The molecular weight excluding hydrogens is 196 g/mol. The van der Waals surface area contributed by atoms with Crippen LogP contribution in [0.3, 0.4) is 0 Å². The molecule has 0 radical (unpaired) electrons. The van der Waals surface area contributed by atoms with E-state index >= 15 is 0 Å². The third-order valence-corrected chi connectivity index (χ3v) is 2.70. The summed E-state index contributed by atoms with van der Waals surface area (Å²) < 4.78 is 0.764. The average Bonchev–Trinajstić information content (AvgIpc) is 1.84. The number of halogens is 1. The highest BCUT2D eigenvalue weighted by Gasteiger charge is 2.08. The highest BCUT2D eigenvalue weighted by molar-refractivity contribution is 9.11. The first kappa shape index (κ1) is 9.69. The molecule has 0 aromatic heterocycles. The molecule has 0 aliphatic carbocycles. The predicted molar refractivity (Wildman–Crippen MR) is 44.1 cm³/mol. The summed E-state index contributed by atoms with van der Waals surface area (Å²) in [6, 6.07) is 0. The highest BCUT2D eigenvalue weighted by Crippen LogP contribution is 2.20. The lowest BCUT2D eigenvalue weighted by Crippen LogP contribution is -2.01. The second kappa shape index (κ2) is 3.76. The van der Waals surface area contributed by atoms with E-state index in [2.05, 4.69) is 15.9 Å². The van der Waals surface area contributed by atoms with Crippen LogP contribution in [-0.4, -0.2) is 11.1 Å². The van der Waals surface area contributed by atoms with Gasteiger partial charge in [0.25, 0.3) is 0 Å². The first-order chi connectivity index (χ1) is 4.46. The first-order valence-electron chi connectivity index (χ1n) is 3.06. The topological polar surface area (TPSA) is 37.3 Å². The Morgan fingerprint density at radius 3 is 2.00 bits per heavy atom. The molecule has 0 unspecified atom stereocenters. The largest absolute Gasteiger partial charge is 0.478 e. The van der Waals surface area contributed by atoms with Crippen LogP contribution in [0.1, 0.15) is 20.8 Å². The molecule has 1 N–H and O–H groups in total. The zero-order chi connectivity index (χ0) is 8.31. The lowest BCUT2D eigenvalue weighted by molar-refractivity contribution is -0.132. The van der Waals surface area contributed by atoms with Crippen LogP contribution in [0.2, 0.25) is 0 Å². The Labute approximate surface area is 69.1 Å². The Bertz CT molecular complexity index is 170. The van der Waals surface area contributed by atoms with E-state index in [1.165, 1.54) is 0 Å². The van der Waals surface area contributed by atoms with Gasteiger partial charge in [-0.2, -0.15) is 0 Å². The molecule has 0 aromatic rings. The standard InChI is InChI=1S/C7H11BrO2/c1-4(2)6(8)5(3)7(9)10/h4H,1-3H3,(H,9,10)/b6-5-. The molecule has 58 valence electrons. The molecule has 10 heavy (non-hydrogen) atoms. The van der Waals surface area contributed by atoms with Crippen molar-refractivity contribution in [1.82, 2.24) is 0 Å². The van der Waals surface area contributed by atoms with Gasteiger partial charge >= 0.3 is 5.97 Å². The number of hydrogen-bond acceptors (Lipinski definition) is 1. The molecule has 0 rings (SSSR count). The van der Waals surface area contributed by atoms with E-state index in [4.69, 9.17) is 5.11 Å². The van der Waals surface area contributed by atoms with Crippen LogP contribution in [0.5, 0.6) is 0 Å². The van der Waals surface area contributed by atoms with E-state index in [-0.39, 0.29) is 5.92 Å². The number of carbonyl (C=O) groups is 1. The van der Waals surface area contributed by atoms with Gasteiger partial charge in [0.05, 0.1) is 0 Å². The van der Waals surface area contributed by atoms with Gasteiger partial charge in [-0.05, 0) is 12.8 Å². The maximum atomic E-state index is 10.4. The van der Waals surface area contributed by atoms with Crippen molar-refractivity contribution in [1.29, 1.82) is 0 Å². The number of allylic oxidation sites excluding steroid dienone is 1. The summed E-state index contributed by atoms with van der Waals surface area (Å²) in [4.78, 5) is 10.4. The summed E-state index contributed by atoms with van der Waals surface area (Å²) in [6.07, 6.45) is 0. The summed E-state index contributed by atoms with van der Waals surface area (Å²) in [6.45, 7) is 5.47. The SMILES string of the molecule is C/C(C(=O)O)=C(/Br)C(C)C. The van der Waals surface area contributed by atoms with Gasteiger partial charge in [0, 0.05) is 10.1 Å². The van der Waals surface area contributed by atoms with E-state index in [0.717, 1.165) is 4.48 Å². The van der Waals surface area contributed by atoms with Crippen molar-refractivity contribution in [2.24, 2.45) is 5.92 Å². The van der Waals surface area contributed by atoms with E-state index < -0.39 is 5.97 Å². The van der Waals surface area contributed by atoms with Gasteiger partial charge in [-0.1, -0.05) is 29.8 Å². The van der Waals surface area contributed by atoms with Gasteiger partial charge in [-0.15, -0.1) is 0 Å². The lowest BCUT2D eigenvalue weighted by atomic mass is 10.1. The van der Waals surface area contributed by atoms with Crippen LogP contribution in [0.15, 0.2) is 10.1 Å². The van der Waals surface area contributed by atoms with Crippen LogP contribution in [0.25, 0.3) is 0 Å². The quantitative estimate of drug-likeness (QED) is 0.706. The third kappa shape index (κ3) is 2.52. The van der Waals surface area contributed by atoms with Gasteiger partial charge in [-0.3, -0.25) is 0 Å². The van der Waals surface area contributed by atoms with E-state index in [0.29, 0.717) is 5.57 Å². The second-order valence-corrected chi connectivity index (χ2v) is 3.29. The predicted octanol–water partition coefficient (Wildman–Crippen LogP) is 2.40. The molecule has 2 nitrogen and oxygen atoms in total. The van der Waals surface area contributed by atoms with Crippen molar-refractivity contribution >= 4 is 21.9 Å². The molecule has 0 saturated carbocycles. The third-order valence-electron chi connectivity index (χ3n) is 1.19. The monoisotopic (exact) mass is 206 g/mol. The van der Waals surface area contributed by atoms with E-state index in [9.17, 15) is 4.79 Å². The maximum Gasteiger partial charge on any atom is 0.332 e. The zero-order valence-electron chi connectivity index (χ0n) is 6.31. The van der Waals surface area contributed by atoms with Crippen LogP contribution < -0.4 is 0 Å². The summed E-state index contributed by atoms with van der Waals surface area (Å²) in [5.41, 5.74) is 0.384. The minimum atomic E-state index is -0.861. The summed E-state index contributed by atoms with van der Waals surface area (Å²) in [5, 5.41) is 8.51. The highest BCUT2D eigenvalue weighted by atomic mass is 79.9. The molecule has 0 amide bonds. The molecule has 0 saturated heterocycles. The van der Waals surface area contributed by atoms with Crippen LogP contribution >= 0.6 is 15.9 Å². The van der Waals surface area contributed by atoms with E-state index in [1.807, 2.05) is 13.8 Å². The molecule has 0 aliphatic rings. The Kier molecular flexibility index (Phi) is 3.64. The molecule has 0 aromatic carbocycles. The minimum absolute atomic E-state index is 0.246. The number of carboxylic acid groups (broad SMARTS) is 1. The van der Waals surface area contributed by atoms with Crippen molar-refractivity contribution in [3.63, 3.8) is 0 Å². The molecule has 0 bridgehead atoms. The van der Waals surface area contributed by atoms with Crippen LogP contribution in [0, 0.1) is 5.92 Å². The number of hydrogen-bond donors (Lipinski definition) is 1. The molecule has 0 spiro atoms. The van der Waals surface area contributed by atoms with Gasteiger partial charge < -0.3 is 5.11 Å². The maximum absolute atomic E-state index is 10.4. The lowest BCUT2D eigenvalue weighted by Gasteiger charge is -2.04. The Hall–Kier alpha value is -0.310. The first-order valence-corrected chi connectivity index (χ1v) is 3.85. The summed E-state index contributed by atoms with van der Waals surface area (Å²) in [7, 11) is 0. The molecular formula is C7H11BrO2. The second-order valence-electron chi connectivity index (χ2n) is 2.43. The van der Waals surface area contributed by atoms with Crippen LogP contribution in [-0.2, 0) is 4.79 Å². The van der Waals surface area contributed by atoms with Crippen LogP contribution in [0.4, 0.5) is 0 Å². The van der Waals surface area contributed by atoms with Gasteiger partial charge in [0.1, 0.15) is 0 Å². The molecule has 3 heteroatoms. The Balaban J connectivity index is 4.50. The van der Waals surface area contributed by atoms with Crippen molar-refractivity contribution in [3.8, 4) is 0 Å². The number of aliphatic carboxylic acids is 1. The number of rotatable bonds is 2. The van der Waals surface area contributed by atoms with E-state index in [1.54, 1.807) is 6.92 Å². The number of carboxylic acids is 1. The van der Waals surface area contributed by atoms with Crippen molar-refractivity contribution < 1.29 is 9.90 Å². The van der Waals surface area contributed by atoms with Gasteiger partial charge in [0.2, 0.25) is 0 Å². The zero-order valence-corrected chi connectivity index (χ0v) is 7.90. The van der Waals surface area contributed by atoms with Crippen molar-refractivity contribution in [3.05, 3.63) is 10.1 Å². The smallest absolute Gasteiger partial charge is 0.332 e. The Morgan fingerprint density at radius 2 is 1.90 bits per heavy atom. The summed E-state index contributed by atoms with van der Waals surface area (Å²) in [5.74, 6) is -0.614. The molecule has 0 heterocycles. The average molecular weight is 207 g/mol. The van der Waals surface area contributed by atoms with Crippen molar-refractivity contribution in [2.75, 3.05) is 0 Å². The van der Waals surface area contributed by atoms with Gasteiger partial charge in [0.15, 0.2) is 0 Å². The minimum Gasteiger partial charge on any atom is -0.478 e. The Morgan fingerprint density at radius 1 is 1.50 bits per heavy atom. The molecule has 0 aliphatic heterocycles. The molecule has 0 fully saturated rings. The normalized spacial score (nSPS) is 13.3. The fourth-order valence-corrected chi connectivity index (χ4v) is 0.705. The fraction of sp³-hybridized carbons (Fsp3) is 0.571. The fourth-order valence-electron chi connectivity index (χ4n) is 0.535. The van der Waals surface area contributed by atoms with Gasteiger partial charge in [-0.25, -0.2) is 4.79 Å². The van der Waals surface area contributed by atoms with Crippen molar-refractivity contribution in [2.45, 2.75) is 20.8 Å².